The van der Waals surface area contributed by atoms with Crippen molar-refractivity contribution in [3.63, 3.8) is 0 Å². The second-order valence-electron chi connectivity index (χ2n) is 2.72. The normalized spacial score (nSPS) is 19.3. The van der Waals surface area contributed by atoms with Crippen molar-refractivity contribution in [3.8, 4) is 0 Å². The van der Waals surface area contributed by atoms with Gasteiger partial charge in [-0.25, -0.2) is 0 Å². The van der Waals surface area contributed by atoms with Gasteiger partial charge >= 0.3 is 0 Å². The molecule has 4 nitrogen and oxygen atoms in total. The van der Waals surface area contributed by atoms with Crippen LogP contribution in [0.4, 0.5) is 0 Å². The quantitative estimate of drug-likeness (QED) is 0.449. The maximum absolute atomic E-state index is 7.92. The first-order valence-corrected chi connectivity index (χ1v) is 4.24. The molecule has 1 rings (SSSR count). The van der Waals surface area contributed by atoms with Crippen molar-refractivity contribution in [2.24, 2.45) is 0 Å². The summed E-state index contributed by atoms with van der Waals surface area (Å²) in [5.41, 5.74) is -0.0205. The largest absolute Gasteiger partial charge is 0.356 e. The van der Waals surface area contributed by atoms with Gasteiger partial charge in [0.25, 0.3) is 0 Å². The van der Waals surface area contributed by atoms with E-state index in [2.05, 4.69) is 10.6 Å². The van der Waals surface area contributed by atoms with Gasteiger partial charge in [0.2, 0.25) is 0 Å². The molecule has 0 heterocycles. The topological polar surface area (TPSA) is 71.8 Å². The number of nitrogens with one attached hydrogen (secondary N) is 4. The first kappa shape index (κ1) is 5.30. The van der Waals surface area contributed by atoms with Crippen LogP contribution in [-0.2, 0) is 6.40 Å². The number of rotatable bonds is 3. The SMILES string of the molecule is [2H]c1cc(C([2H])C([2H])NC(=N)NC(C)=N)c([2H])c([2H])c1[2H]. The molecule has 2 atom stereocenters. The van der Waals surface area contributed by atoms with E-state index < -0.39 is 19.0 Å². The first-order valence-electron chi connectivity index (χ1n) is 7.39. The molecule has 0 saturated heterocycles. The van der Waals surface area contributed by atoms with Crippen molar-refractivity contribution in [1.82, 2.24) is 10.6 Å². The summed E-state index contributed by atoms with van der Waals surface area (Å²) >= 11 is 0. The molecule has 0 aromatic heterocycles. The highest BCUT2D eigenvalue weighted by molar-refractivity contribution is 5.95. The maximum atomic E-state index is 7.92. The first-order chi connectivity index (χ1) is 9.65. The van der Waals surface area contributed by atoms with Crippen LogP contribution in [0.25, 0.3) is 0 Å². The van der Waals surface area contributed by atoms with Crippen LogP contribution in [0.2, 0.25) is 0 Å². The van der Waals surface area contributed by atoms with Crippen molar-refractivity contribution < 1.29 is 8.22 Å². The van der Waals surface area contributed by atoms with Gasteiger partial charge in [-0.3, -0.25) is 10.8 Å². The van der Waals surface area contributed by atoms with Crippen LogP contribution < -0.4 is 10.6 Å². The Hall–Kier alpha value is -1.84. The van der Waals surface area contributed by atoms with Gasteiger partial charge in [-0.2, -0.15) is 0 Å². The minimum atomic E-state index is -1.32. The van der Waals surface area contributed by atoms with E-state index in [4.69, 9.17) is 19.0 Å². The lowest BCUT2D eigenvalue weighted by Crippen LogP contribution is -2.39. The molecule has 0 bridgehead atoms. The monoisotopic (exact) mass is 210 g/mol. The van der Waals surface area contributed by atoms with E-state index in [1.165, 1.54) is 6.92 Å². The Balaban J connectivity index is 2.96. The number of hydrogen-bond acceptors (Lipinski definition) is 2. The van der Waals surface area contributed by atoms with Gasteiger partial charge in [0, 0.05) is 9.26 Å². The van der Waals surface area contributed by atoms with Crippen molar-refractivity contribution in [1.29, 1.82) is 10.8 Å². The average molecular weight is 210 g/mol. The second-order valence-corrected chi connectivity index (χ2v) is 2.72. The minimum absolute atomic E-state index is 0.00265. The molecular formula is C11H16N4. The predicted octanol–water partition coefficient (Wildman–Crippen LogP) is 1.34. The van der Waals surface area contributed by atoms with Crippen LogP contribution in [0, 0.1) is 10.8 Å². The molecule has 15 heavy (non-hydrogen) atoms. The van der Waals surface area contributed by atoms with E-state index in [1.807, 2.05) is 0 Å². The number of amidine groups is 1. The number of hydrogen-bond donors (Lipinski definition) is 4. The fourth-order valence-corrected chi connectivity index (χ4v) is 0.818. The summed E-state index contributed by atoms with van der Waals surface area (Å²) in [6, 6.07) is -0.357. The molecule has 0 fully saturated rings. The Labute approximate surface area is 98.2 Å². The summed E-state index contributed by atoms with van der Waals surface area (Å²) in [5.74, 6) is -0.316. The predicted molar refractivity (Wildman–Crippen MR) is 62.4 cm³/mol. The summed E-state index contributed by atoms with van der Waals surface area (Å²) < 4.78 is 45.9. The Morgan fingerprint density at radius 2 is 2.27 bits per heavy atom. The molecule has 4 heteroatoms. The average Bonchev–Trinajstić information content (AvgIpc) is 2.38. The molecule has 0 amide bonds. The van der Waals surface area contributed by atoms with Crippen LogP contribution in [0.15, 0.2) is 30.2 Å². The van der Waals surface area contributed by atoms with E-state index in [0.29, 0.717) is 0 Å². The lowest BCUT2D eigenvalue weighted by Gasteiger charge is -2.08. The highest BCUT2D eigenvalue weighted by Crippen LogP contribution is 1.97. The van der Waals surface area contributed by atoms with Gasteiger partial charge in [0.05, 0.1) is 11.3 Å². The zero-order chi connectivity index (χ0) is 16.3. The van der Waals surface area contributed by atoms with Crippen molar-refractivity contribution in [2.45, 2.75) is 13.3 Å². The smallest absolute Gasteiger partial charge is 0.193 e. The van der Waals surface area contributed by atoms with Crippen molar-refractivity contribution in [3.05, 3.63) is 35.8 Å². The molecule has 1 aromatic rings. The van der Waals surface area contributed by atoms with E-state index in [1.54, 1.807) is 0 Å². The van der Waals surface area contributed by atoms with E-state index in [9.17, 15) is 0 Å². The van der Waals surface area contributed by atoms with Crippen LogP contribution >= 0.6 is 0 Å². The molecule has 0 saturated carbocycles. The van der Waals surface area contributed by atoms with Gasteiger partial charge in [-0.15, -0.1) is 0 Å². The number of guanidine groups is 1. The summed E-state index contributed by atoms with van der Waals surface area (Å²) in [6.45, 7) is 0.102. The highest BCUT2D eigenvalue weighted by Gasteiger charge is 1.95. The number of aryl methyl sites for hydroxylation is 1. The molecule has 0 aliphatic rings. The number of benzene rings is 1. The fraction of sp³-hybridized carbons (Fsp3) is 0.273. The third kappa shape index (κ3) is 4.81. The standard InChI is InChI=1S/C11H16N4/c1-9(12)15-11(13)14-8-7-10-5-3-2-4-6-10/h2-6H,7-8H2,1H3,(H4,12,13,14,15)/i2D,3D,4D,5D,7D,8D. The lowest BCUT2D eigenvalue weighted by atomic mass is 10.1. The zero-order valence-electron chi connectivity index (χ0n) is 14.2. The molecule has 1 aromatic carbocycles. The van der Waals surface area contributed by atoms with Gasteiger partial charge in [-0.1, -0.05) is 30.2 Å². The second kappa shape index (κ2) is 5.80. The summed E-state index contributed by atoms with van der Waals surface area (Å²) in [5, 5.41) is 19.3. The molecule has 0 radical (unpaired) electrons. The Bertz CT molecular complexity index is 576. The summed E-state index contributed by atoms with van der Waals surface area (Å²) in [6.07, 6.45) is -1.31. The van der Waals surface area contributed by atoms with Crippen molar-refractivity contribution >= 4 is 11.8 Å². The van der Waals surface area contributed by atoms with Crippen LogP contribution in [-0.4, -0.2) is 18.3 Å². The Morgan fingerprint density at radius 3 is 3.00 bits per heavy atom. The molecule has 0 spiro atoms. The maximum Gasteiger partial charge on any atom is 0.193 e. The van der Waals surface area contributed by atoms with Crippen LogP contribution in [0.1, 0.15) is 20.7 Å². The Morgan fingerprint density at radius 1 is 1.47 bits per heavy atom. The lowest BCUT2D eigenvalue weighted by molar-refractivity contribution is 0.842. The van der Waals surface area contributed by atoms with Crippen LogP contribution in [0.5, 0.6) is 0 Å². The molecule has 0 aliphatic carbocycles. The molecule has 0 aliphatic heterocycles. The fourth-order valence-electron chi connectivity index (χ4n) is 0.818. The highest BCUT2D eigenvalue weighted by atomic mass is 15.1. The molecule has 4 N–H and O–H groups in total. The summed E-state index contributed by atoms with van der Waals surface area (Å²) in [7, 11) is 0. The van der Waals surface area contributed by atoms with E-state index in [0.717, 1.165) is 6.07 Å². The zero-order valence-corrected chi connectivity index (χ0v) is 8.23. The third-order valence-corrected chi connectivity index (χ3v) is 1.37. The molecule has 2 unspecified atom stereocenters. The van der Waals surface area contributed by atoms with E-state index >= 15 is 0 Å². The van der Waals surface area contributed by atoms with Gasteiger partial charge in [0.15, 0.2) is 5.96 Å². The van der Waals surface area contributed by atoms with E-state index in [-0.39, 0.29) is 35.5 Å². The van der Waals surface area contributed by atoms with Gasteiger partial charge < -0.3 is 10.6 Å². The van der Waals surface area contributed by atoms with Crippen LogP contribution in [0.3, 0.4) is 0 Å². The van der Waals surface area contributed by atoms with Gasteiger partial charge in [-0.05, 0) is 18.9 Å². The third-order valence-electron chi connectivity index (χ3n) is 1.37. The minimum Gasteiger partial charge on any atom is -0.356 e. The summed E-state index contributed by atoms with van der Waals surface area (Å²) in [4.78, 5) is 0. The van der Waals surface area contributed by atoms with Crippen molar-refractivity contribution in [2.75, 3.05) is 6.52 Å². The van der Waals surface area contributed by atoms with Gasteiger partial charge in [0.1, 0.15) is 0 Å². The molecule has 80 valence electrons. The Kier molecular flexibility index (Phi) is 2.05. The molecular weight excluding hydrogens is 188 g/mol.